The Morgan fingerprint density at radius 1 is 1.12 bits per heavy atom. The summed E-state index contributed by atoms with van der Waals surface area (Å²) >= 11 is 0. The van der Waals surface area contributed by atoms with Crippen molar-refractivity contribution in [1.29, 1.82) is 0 Å². The van der Waals surface area contributed by atoms with E-state index < -0.39 is 21.3 Å². The molecule has 0 radical (unpaired) electrons. The molecule has 0 aliphatic heterocycles. The van der Waals surface area contributed by atoms with Crippen molar-refractivity contribution in [3.63, 3.8) is 0 Å². The van der Waals surface area contributed by atoms with Gasteiger partial charge in [-0.3, -0.25) is 4.79 Å². The van der Waals surface area contributed by atoms with Crippen molar-refractivity contribution in [2.45, 2.75) is 75.5 Å². The number of sulfone groups is 1. The predicted octanol–water partition coefficient (Wildman–Crippen LogP) is 1.97. The van der Waals surface area contributed by atoms with Crippen LogP contribution in [0.3, 0.4) is 0 Å². The molecule has 6 nitrogen and oxygen atoms in total. The van der Waals surface area contributed by atoms with Gasteiger partial charge in [0.2, 0.25) is 5.91 Å². The van der Waals surface area contributed by atoms with Gasteiger partial charge in [-0.1, -0.05) is 19.8 Å². The number of hydrogen-bond acceptors (Lipinski definition) is 5. The van der Waals surface area contributed by atoms with E-state index in [4.69, 9.17) is 4.74 Å². The third kappa shape index (κ3) is 4.49. The normalized spacial score (nSPS) is 28.5. The van der Waals surface area contributed by atoms with Gasteiger partial charge in [0, 0.05) is 6.42 Å². The zero-order chi connectivity index (χ0) is 17.8. The molecule has 0 bridgehead atoms. The first-order valence-electron chi connectivity index (χ1n) is 8.90. The fraction of sp³-hybridized carbons (Fsp3) is 0.882. The summed E-state index contributed by atoms with van der Waals surface area (Å²) in [7, 11) is -1.91. The molecule has 1 N–H and O–H groups in total. The van der Waals surface area contributed by atoms with Gasteiger partial charge in [-0.2, -0.15) is 0 Å². The molecule has 0 unspecified atom stereocenters. The first-order chi connectivity index (χ1) is 11.3. The maximum atomic E-state index is 12.3. The van der Waals surface area contributed by atoms with Crippen molar-refractivity contribution < 1.29 is 22.7 Å². The van der Waals surface area contributed by atoms with Crippen LogP contribution < -0.4 is 5.32 Å². The number of ether oxygens (including phenoxy) is 1. The number of carbonyl (C=O) groups excluding carboxylic acids is 2. The fourth-order valence-corrected chi connectivity index (χ4v) is 5.66. The summed E-state index contributed by atoms with van der Waals surface area (Å²) in [6.07, 6.45) is 5.98. The van der Waals surface area contributed by atoms with Gasteiger partial charge in [-0.05, 0) is 44.4 Å². The van der Waals surface area contributed by atoms with E-state index in [0.717, 1.165) is 25.7 Å². The number of methoxy groups -OCH3 is 1. The zero-order valence-corrected chi connectivity index (χ0v) is 15.5. The number of rotatable bonds is 6. The monoisotopic (exact) mass is 359 g/mol. The van der Waals surface area contributed by atoms with E-state index in [1.165, 1.54) is 7.11 Å². The molecule has 0 aromatic rings. The second kappa shape index (κ2) is 7.85. The quantitative estimate of drug-likeness (QED) is 0.732. The molecule has 0 aromatic carbocycles. The zero-order valence-electron chi connectivity index (χ0n) is 14.7. The van der Waals surface area contributed by atoms with Crippen molar-refractivity contribution in [1.82, 2.24) is 5.32 Å². The summed E-state index contributed by atoms with van der Waals surface area (Å²) in [5, 5.41) is 2.49. The molecular weight excluding hydrogens is 330 g/mol. The van der Waals surface area contributed by atoms with E-state index in [1.807, 2.05) is 0 Å². The van der Waals surface area contributed by atoms with Crippen LogP contribution in [0.5, 0.6) is 0 Å². The smallest absolute Gasteiger partial charge is 0.331 e. The van der Waals surface area contributed by atoms with Crippen molar-refractivity contribution in [3.05, 3.63) is 0 Å². The number of hydrogen-bond donors (Lipinski definition) is 1. The third-order valence-corrected chi connectivity index (χ3v) is 7.77. The van der Waals surface area contributed by atoms with Gasteiger partial charge in [0.15, 0.2) is 9.84 Å². The van der Waals surface area contributed by atoms with Crippen LogP contribution in [-0.4, -0.2) is 43.9 Å². The molecule has 0 heterocycles. The fourth-order valence-electron chi connectivity index (χ4n) is 3.81. The number of carbonyl (C=O) groups is 2. The van der Waals surface area contributed by atoms with Gasteiger partial charge in [0.05, 0.1) is 18.1 Å². The van der Waals surface area contributed by atoms with Crippen LogP contribution >= 0.6 is 0 Å². The van der Waals surface area contributed by atoms with E-state index in [1.54, 1.807) is 0 Å². The number of esters is 1. The molecule has 0 spiro atoms. The van der Waals surface area contributed by atoms with Gasteiger partial charge >= 0.3 is 5.97 Å². The lowest BCUT2D eigenvalue weighted by Crippen LogP contribution is -2.57. The van der Waals surface area contributed by atoms with Crippen molar-refractivity contribution in [2.75, 3.05) is 12.9 Å². The Hall–Kier alpha value is -1.11. The van der Waals surface area contributed by atoms with Gasteiger partial charge in [0.1, 0.15) is 5.54 Å². The van der Waals surface area contributed by atoms with Gasteiger partial charge in [-0.25, -0.2) is 13.2 Å². The highest BCUT2D eigenvalue weighted by Gasteiger charge is 2.43. The SMILES string of the molecule is COC(=O)C1(NC(=O)CCS(=O)(=O)C2CCCC2)CCC(C)CC1. The second-order valence-corrected chi connectivity index (χ2v) is 9.73. The molecule has 24 heavy (non-hydrogen) atoms. The van der Waals surface area contributed by atoms with E-state index in [2.05, 4.69) is 12.2 Å². The second-order valence-electron chi connectivity index (χ2n) is 7.33. The molecule has 0 atom stereocenters. The third-order valence-electron chi connectivity index (χ3n) is 5.51. The highest BCUT2D eigenvalue weighted by Crippen LogP contribution is 2.33. The van der Waals surface area contributed by atoms with Crippen molar-refractivity contribution in [3.8, 4) is 0 Å². The molecule has 138 valence electrons. The average Bonchev–Trinajstić information content (AvgIpc) is 3.10. The minimum atomic E-state index is -3.23. The Labute approximate surface area is 144 Å². The predicted molar refractivity (Wildman–Crippen MR) is 91.2 cm³/mol. The number of nitrogens with one attached hydrogen (secondary N) is 1. The number of amides is 1. The summed E-state index contributed by atoms with van der Waals surface area (Å²) in [4.78, 5) is 24.5. The van der Waals surface area contributed by atoms with E-state index in [9.17, 15) is 18.0 Å². The summed E-state index contributed by atoms with van der Waals surface area (Å²) in [6, 6.07) is 0. The maximum Gasteiger partial charge on any atom is 0.331 e. The summed E-state index contributed by atoms with van der Waals surface area (Å²) in [5.74, 6) is -0.433. The van der Waals surface area contributed by atoms with Gasteiger partial charge < -0.3 is 10.1 Å². The topological polar surface area (TPSA) is 89.5 Å². The molecule has 1 amide bonds. The average molecular weight is 359 g/mol. The molecule has 2 rings (SSSR count). The highest BCUT2D eigenvalue weighted by molar-refractivity contribution is 7.92. The van der Waals surface area contributed by atoms with Crippen LogP contribution in [0.15, 0.2) is 0 Å². The van der Waals surface area contributed by atoms with Crippen LogP contribution in [-0.2, 0) is 24.2 Å². The van der Waals surface area contributed by atoms with Crippen molar-refractivity contribution in [2.24, 2.45) is 5.92 Å². The first-order valence-corrected chi connectivity index (χ1v) is 10.6. The van der Waals surface area contributed by atoms with Gasteiger partial charge in [0.25, 0.3) is 0 Å². The Morgan fingerprint density at radius 2 is 1.71 bits per heavy atom. The lowest BCUT2D eigenvalue weighted by atomic mass is 9.77. The largest absolute Gasteiger partial charge is 0.467 e. The first kappa shape index (κ1) is 19.2. The summed E-state index contributed by atoms with van der Waals surface area (Å²) < 4.78 is 29.4. The van der Waals surface area contributed by atoms with Crippen LogP contribution in [0.25, 0.3) is 0 Å². The Bertz CT molecular complexity index is 558. The van der Waals surface area contributed by atoms with E-state index in [-0.39, 0.29) is 23.3 Å². The van der Waals surface area contributed by atoms with Crippen LogP contribution in [0, 0.1) is 5.92 Å². The molecule has 2 aliphatic rings. The Morgan fingerprint density at radius 3 is 2.25 bits per heavy atom. The molecule has 2 saturated carbocycles. The minimum Gasteiger partial charge on any atom is -0.467 e. The lowest BCUT2D eigenvalue weighted by Gasteiger charge is -2.37. The summed E-state index contributed by atoms with van der Waals surface area (Å²) in [6.45, 7) is 2.12. The highest BCUT2D eigenvalue weighted by atomic mass is 32.2. The van der Waals surface area contributed by atoms with Crippen molar-refractivity contribution >= 4 is 21.7 Å². The van der Waals surface area contributed by atoms with Crippen LogP contribution in [0.4, 0.5) is 0 Å². The maximum absolute atomic E-state index is 12.3. The minimum absolute atomic E-state index is 0.0901. The Kier molecular flexibility index (Phi) is 6.28. The van der Waals surface area contributed by atoms with Gasteiger partial charge in [-0.15, -0.1) is 0 Å². The standard InChI is InChI=1S/C17H29NO5S/c1-13-7-10-17(11-8-13,16(20)23-2)18-15(19)9-12-24(21,22)14-5-3-4-6-14/h13-14H,3-12H2,1-2H3,(H,18,19). The van der Waals surface area contributed by atoms with Crippen LogP contribution in [0.1, 0.15) is 64.7 Å². The molecule has 0 saturated heterocycles. The molecule has 0 aromatic heterocycles. The molecule has 2 fully saturated rings. The lowest BCUT2D eigenvalue weighted by molar-refractivity contribution is -0.153. The molecule has 7 heteroatoms. The summed E-state index contributed by atoms with van der Waals surface area (Å²) in [5.41, 5.74) is -0.991. The van der Waals surface area contributed by atoms with E-state index in [0.29, 0.717) is 31.6 Å². The Balaban J connectivity index is 1.94. The van der Waals surface area contributed by atoms with Crippen LogP contribution in [0.2, 0.25) is 0 Å². The molecular formula is C17H29NO5S. The van der Waals surface area contributed by atoms with E-state index >= 15 is 0 Å². The molecule has 2 aliphatic carbocycles.